The van der Waals surface area contributed by atoms with Gasteiger partial charge in [-0.3, -0.25) is 0 Å². The van der Waals surface area contributed by atoms with Crippen molar-refractivity contribution in [1.29, 1.82) is 0 Å². The summed E-state index contributed by atoms with van der Waals surface area (Å²) in [7, 11) is -3.25. The molecule has 0 unspecified atom stereocenters. The molecule has 3 rings (SSSR count). The molecule has 0 amide bonds. The smallest absolute Gasteiger partial charge is 0.344 e. The zero-order valence-electron chi connectivity index (χ0n) is 12.4. The van der Waals surface area contributed by atoms with Gasteiger partial charge in [0.05, 0.1) is 16.7 Å². The molecule has 0 bridgehead atoms. The summed E-state index contributed by atoms with van der Waals surface area (Å²) in [5.41, 5.74) is 2.24. The highest BCUT2D eigenvalue weighted by molar-refractivity contribution is 7.90. The molecule has 1 aromatic heterocycles. The summed E-state index contributed by atoms with van der Waals surface area (Å²) in [6.07, 6.45) is 2.50. The number of hydrogen-bond donors (Lipinski definition) is 0. The molecule has 3 aromatic rings. The number of benzene rings is 2. The van der Waals surface area contributed by atoms with Crippen LogP contribution in [0.4, 0.5) is 0 Å². The first kappa shape index (κ1) is 15.2. The highest BCUT2D eigenvalue weighted by atomic mass is 32.2. The van der Waals surface area contributed by atoms with E-state index < -0.39 is 15.5 Å². The van der Waals surface area contributed by atoms with Gasteiger partial charge in [-0.1, -0.05) is 42.5 Å². The van der Waals surface area contributed by atoms with Crippen LogP contribution in [0.3, 0.4) is 0 Å². The Morgan fingerprint density at radius 2 is 1.48 bits per heavy atom. The number of hydrogen-bond acceptors (Lipinski definition) is 4. The maximum absolute atomic E-state index is 12.2. The van der Waals surface area contributed by atoms with Crippen molar-refractivity contribution < 1.29 is 12.8 Å². The SMILES string of the molecule is CS(=O)(=O)c1ccc(-c2ccoc(=O)c2-c2ccccc2)cc1. The van der Waals surface area contributed by atoms with Crippen LogP contribution in [0.2, 0.25) is 0 Å². The maximum atomic E-state index is 12.2. The van der Waals surface area contributed by atoms with E-state index in [1.165, 1.54) is 18.4 Å². The van der Waals surface area contributed by atoms with Crippen LogP contribution in [0.5, 0.6) is 0 Å². The molecule has 0 saturated carbocycles. The van der Waals surface area contributed by atoms with Gasteiger partial charge >= 0.3 is 5.63 Å². The van der Waals surface area contributed by atoms with Gasteiger partial charge in [0.15, 0.2) is 9.84 Å². The third kappa shape index (κ3) is 3.10. The molecule has 0 spiro atoms. The Kier molecular flexibility index (Phi) is 3.88. The fraction of sp³-hybridized carbons (Fsp3) is 0.0556. The van der Waals surface area contributed by atoms with Gasteiger partial charge in [-0.05, 0) is 34.9 Å². The fourth-order valence-electron chi connectivity index (χ4n) is 2.42. The molecule has 116 valence electrons. The van der Waals surface area contributed by atoms with Crippen molar-refractivity contribution >= 4 is 9.84 Å². The van der Waals surface area contributed by atoms with Gasteiger partial charge in [0.1, 0.15) is 0 Å². The standard InChI is InChI=1S/C18H14O4S/c1-23(20,21)15-9-7-13(8-10-15)16-11-12-22-18(19)17(16)14-5-3-2-4-6-14/h2-12H,1H3. The molecule has 0 atom stereocenters. The minimum Gasteiger partial charge on any atom is -0.431 e. The topological polar surface area (TPSA) is 64.3 Å². The van der Waals surface area contributed by atoms with E-state index in [0.717, 1.165) is 17.4 Å². The van der Waals surface area contributed by atoms with Crippen LogP contribution in [-0.2, 0) is 9.84 Å². The summed E-state index contributed by atoms with van der Waals surface area (Å²) in [6.45, 7) is 0. The number of rotatable bonds is 3. The fourth-order valence-corrected chi connectivity index (χ4v) is 3.05. The van der Waals surface area contributed by atoms with Crippen molar-refractivity contribution in [3.63, 3.8) is 0 Å². The van der Waals surface area contributed by atoms with Crippen LogP contribution in [-0.4, -0.2) is 14.7 Å². The zero-order valence-corrected chi connectivity index (χ0v) is 13.2. The second-order valence-electron chi connectivity index (χ2n) is 5.16. The van der Waals surface area contributed by atoms with Crippen LogP contribution < -0.4 is 5.63 Å². The van der Waals surface area contributed by atoms with Gasteiger partial charge in [0, 0.05) is 6.26 Å². The Bertz CT molecular complexity index is 985. The Morgan fingerprint density at radius 1 is 0.826 bits per heavy atom. The van der Waals surface area contributed by atoms with Crippen molar-refractivity contribution in [3.8, 4) is 22.3 Å². The van der Waals surface area contributed by atoms with Gasteiger partial charge in [-0.25, -0.2) is 13.2 Å². The van der Waals surface area contributed by atoms with E-state index in [1.54, 1.807) is 18.2 Å². The summed E-state index contributed by atoms with van der Waals surface area (Å²) in [5, 5.41) is 0. The molecule has 1 heterocycles. The van der Waals surface area contributed by atoms with Crippen molar-refractivity contribution in [2.24, 2.45) is 0 Å². The minimum atomic E-state index is -3.25. The first-order chi connectivity index (χ1) is 11.0. The highest BCUT2D eigenvalue weighted by Gasteiger charge is 2.13. The maximum Gasteiger partial charge on any atom is 0.344 e. The lowest BCUT2D eigenvalue weighted by Crippen LogP contribution is -2.04. The van der Waals surface area contributed by atoms with Crippen LogP contribution >= 0.6 is 0 Å². The van der Waals surface area contributed by atoms with E-state index >= 15 is 0 Å². The lowest BCUT2D eigenvalue weighted by Gasteiger charge is -2.09. The largest absolute Gasteiger partial charge is 0.431 e. The molecule has 0 aliphatic carbocycles. The number of sulfone groups is 1. The second-order valence-corrected chi connectivity index (χ2v) is 7.18. The average molecular weight is 326 g/mol. The van der Waals surface area contributed by atoms with E-state index in [1.807, 2.05) is 30.3 Å². The summed E-state index contributed by atoms with van der Waals surface area (Å²) in [6, 6.07) is 17.4. The van der Waals surface area contributed by atoms with Crippen molar-refractivity contribution in [2.75, 3.05) is 6.26 Å². The highest BCUT2D eigenvalue weighted by Crippen LogP contribution is 2.29. The molecule has 5 heteroatoms. The van der Waals surface area contributed by atoms with Crippen LogP contribution in [0, 0.1) is 0 Å². The Balaban J connectivity index is 2.18. The molecule has 23 heavy (non-hydrogen) atoms. The van der Waals surface area contributed by atoms with Crippen LogP contribution in [0.1, 0.15) is 0 Å². The lowest BCUT2D eigenvalue weighted by atomic mass is 9.97. The third-order valence-corrected chi connectivity index (χ3v) is 4.67. The summed E-state index contributed by atoms with van der Waals surface area (Å²) < 4.78 is 28.1. The predicted molar refractivity (Wildman–Crippen MR) is 89.0 cm³/mol. The molecule has 0 saturated heterocycles. The molecular formula is C18H14O4S. The molecule has 2 aromatic carbocycles. The first-order valence-electron chi connectivity index (χ1n) is 6.94. The van der Waals surface area contributed by atoms with E-state index in [-0.39, 0.29) is 4.90 Å². The van der Waals surface area contributed by atoms with Gasteiger partial charge in [0.2, 0.25) is 0 Å². The van der Waals surface area contributed by atoms with E-state index in [0.29, 0.717) is 11.1 Å². The van der Waals surface area contributed by atoms with E-state index in [9.17, 15) is 13.2 Å². The summed E-state index contributed by atoms with van der Waals surface area (Å²) in [5.74, 6) is 0. The van der Waals surface area contributed by atoms with Crippen molar-refractivity contribution in [2.45, 2.75) is 4.90 Å². The predicted octanol–water partition coefficient (Wildman–Crippen LogP) is 3.38. The Hall–Kier alpha value is -2.66. The Labute approximate surface area is 134 Å². The van der Waals surface area contributed by atoms with Crippen molar-refractivity contribution in [1.82, 2.24) is 0 Å². The van der Waals surface area contributed by atoms with Gasteiger partial charge in [0.25, 0.3) is 0 Å². The molecule has 0 radical (unpaired) electrons. The lowest BCUT2D eigenvalue weighted by molar-refractivity contribution is 0.514. The minimum absolute atomic E-state index is 0.241. The molecule has 0 fully saturated rings. The van der Waals surface area contributed by atoms with E-state index in [4.69, 9.17) is 4.42 Å². The third-order valence-electron chi connectivity index (χ3n) is 3.54. The average Bonchev–Trinajstić information content (AvgIpc) is 2.55. The van der Waals surface area contributed by atoms with E-state index in [2.05, 4.69) is 0 Å². The molecular weight excluding hydrogens is 312 g/mol. The summed E-state index contributed by atoms with van der Waals surface area (Å²) >= 11 is 0. The van der Waals surface area contributed by atoms with Gasteiger partial charge in [-0.15, -0.1) is 0 Å². The first-order valence-corrected chi connectivity index (χ1v) is 8.84. The van der Waals surface area contributed by atoms with Gasteiger partial charge < -0.3 is 4.42 Å². The normalized spacial score (nSPS) is 11.3. The quantitative estimate of drug-likeness (QED) is 0.740. The molecule has 4 nitrogen and oxygen atoms in total. The van der Waals surface area contributed by atoms with Gasteiger partial charge in [-0.2, -0.15) is 0 Å². The van der Waals surface area contributed by atoms with Crippen LogP contribution in [0.15, 0.2) is 81.0 Å². The molecule has 0 aliphatic rings. The monoisotopic (exact) mass is 326 g/mol. The zero-order chi connectivity index (χ0) is 16.4. The second kappa shape index (κ2) is 5.85. The van der Waals surface area contributed by atoms with Crippen molar-refractivity contribution in [3.05, 3.63) is 77.3 Å². The molecule has 0 N–H and O–H groups in total. The Morgan fingerprint density at radius 3 is 2.09 bits per heavy atom. The van der Waals surface area contributed by atoms with Crippen LogP contribution in [0.25, 0.3) is 22.3 Å². The summed E-state index contributed by atoms with van der Waals surface area (Å²) in [4.78, 5) is 12.4. The molecule has 0 aliphatic heterocycles.